The predicted molar refractivity (Wildman–Crippen MR) is 237 cm³/mol. The van der Waals surface area contributed by atoms with Gasteiger partial charge in [-0.15, -0.1) is 0 Å². The molecule has 0 bridgehead atoms. The lowest BCUT2D eigenvalue weighted by Crippen LogP contribution is -2.51. The number of nitrogens with one attached hydrogen (secondary N) is 4. The van der Waals surface area contributed by atoms with Crippen molar-refractivity contribution in [2.75, 3.05) is 27.3 Å². The molecule has 3 fully saturated rings. The maximum Gasteiger partial charge on any atom is 0.407 e. The smallest absolute Gasteiger partial charge is 0.407 e. The molecule has 2 saturated heterocycles. The molecule has 3 aromatic heterocycles. The maximum atomic E-state index is 13.8. The van der Waals surface area contributed by atoms with Crippen molar-refractivity contribution in [1.29, 1.82) is 0 Å². The van der Waals surface area contributed by atoms with Crippen LogP contribution in [0.1, 0.15) is 107 Å². The number of aromatic amines is 2. The van der Waals surface area contributed by atoms with Gasteiger partial charge in [-0.1, -0.05) is 58.0 Å². The molecule has 0 spiro atoms. The minimum Gasteiger partial charge on any atom is -0.453 e. The minimum absolute atomic E-state index is 0.107. The lowest BCUT2D eigenvalue weighted by molar-refractivity contribution is -0.136. The minimum atomic E-state index is -0.694. The summed E-state index contributed by atoms with van der Waals surface area (Å²) in [6, 6.07) is 13.0. The highest BCUT2D eigenvalue weighted by atomic mass is 16.5. The Bertz CT molecular complexity index is 2550. The molecule has 15 heteroatoms. The molecule has 4 N–H and O–H groups in total. The topological polar surface area (TPSA) is 188 Å². The summed E-state index contributed by atoms with van der Waals surface area (Å²) in [4.78, 5) is 77.2. The van der Waals surface area contributed by atoms with Gasteiger partial charge in [0.15, 0.2) is 0 Å². The number of alkyl carbamates (subject to hydrolysis) is 2. The van der Waals surface area contributed by atoms with Gasteiger partial charge in [-0.2, -0.15) is 0 Å². The second kappa shape index (κ2) is 17.1. The second-order valence-electron chi connectivity index (χ2n) is 18.3. The van der Waals surface area contributed by atoms with Crippen molar-refractivity contribution in [3.05, 3.63) is 77.6 Å². The summed E-state index contributed by atoms with van der Waals surface area (Å²) in [7, 11) is 2.60. The zero-order chi connectivity index (χ0) is 44.1. The molecule has 4 amide bonds. The molecule has 330 valence electrons. The first-order chi connectivity index (χ1) is 30.4. The Labute approximate surface area is 367 Å². The third-order valence-electron chi connectivity index (χ3n) is 13.8. The van der Waals surface area contributed by atoms with Crippen molar-refractivity contribution in [2.24, 2.45) is 17.8 Å². The number of methoxy groups -OCH3 is 2. The average Bonchev–Trinajstić information content (AvgIpc) is 4.13. The Hall–Kier alpha value is -6.25. The Morgan fingerprint density at radius 3 is 1.90 bits per heavy atom. The van der Waals surface area contributed by atoms with Crippen molar-refractivity contribution in [2.45, 2.75) is 103 Å². The first-order valence-corrected chi connectivity index (χ1v) is 22.4. The van der Waals surface area contributed by atoms with Crippen LogP contribution in [-0.2, 0) is 25.5 Å². The van der Waals surface area contributed by atoms with E-state index >= 15 is 0 Å². The number of fused-ring (bicyclic) bond motifs is 4. The zero-order valence-electron chi connectivity index (χ0n) is 36.9. The molecule has 1 saturated carbocycles. The van der Waals surface area contributed by atoms with Crippen molar-refractivity contribution in [3.8, 4) is 33.6 Å². The number of amides is 4. The molecule has 2 aliphatic heterocycles. The van der Waals surface area contributed by atoms with Crippen molar-refractivity contribution in [3.63, 3.8) is 0 Å². The van der Waals surface area contributed by atoms with E-state index in [2.05, 4.69) is 63.1 Å². The molecule has 15 nitrogen and oxygen atoms in total. The number of H-pyrrole nitrogens is 2. The van der Waals surface area contributed by atoms with Gasteiger partial charge in [-0.05, 0) is 103 Å². The summed E-state index contributed by atoms with van der Waals surface area (Å²) in [6.45, 7) is 8.85. The molecule has 4 aliphatic rings. The van der Waals surface area contributed by atoms with Crippen LogP contribution in [0.2, 0.25) is 0 Å². The first-order valence-electron chi connectivity index (χ1n) is 22.4. The summed E-state index contributed by atoms with van der Waals surface area (Å²) in [5, 5.41) is 5.45. The lowest BCUT2D eigenvalue weighted by Gasteiger charge is -2.31. The van der Waals surface area contributed by atoms with Gasteiger partial charge in [0.1, 0.15) is 23.7 Å². The fourth-order valence-electron chi connectivity index (χ4n) is 10.3. The van der Waals surface area contributed by atoms with E-state index in [4.69, 9.17) is 24.4 Å². The predicted octanol–water partition coefficient (Wildman–Crippen LogP) is 7.82. The van der Waals surface area contributed by atoms with Gasteiger partial charge in [0.2, 0.25) is 11.8 Å². The highest BCUT2D eigenvalue weighted by Gasteiger charge is 2.43. The van der Waals surface area contributed by atoms with Crippen LogP contribution in [0.5, 0.6) is 0 Å². The summed E-state index contributed by atoms with van der Waals surface area (Å²) >= 11 is 0. The summed E-state index contributed by atoms with van der Waals surface area (Å²) in [5.41, 5.74) is 10.7. The van der Waals surface area contributed by atoms with Gasteiger partial charge >= 0.3 is 12.2 Å². The normalized spacial score (nSPS) is 21.3. The number of hydrogen-bond acceptors (Lipinski definition) is 9. The van der Waals surface area contributed by atoms with Gasteiger partial charge < -0.3 is 39.9 Å². The van der Waals surface area contributed by atoms with Gasteiger partial charge in [0.25, 0.3) is 0 Å². The Balaban J connectivity index is 0.946. The number of imidazole rings is 2. The largest absolute Gasteiger partial charge is 0.453 e. The van der Waals surface area contributed by atoms with Gasteiger partial charge in [-0.25, -0.2) is 19.6 Å². The van der Waals surface area contributed by atoms with E-state index < -0.39 is 24.3 Å². The number of hydrogen-bond donors (Lipinski definition) is 4. The van der Waals surface area contributed by atoms with Gasteiger partial charge in [0.05, 0.1) is 54.9 Å². The first kappa shape index (κ1) is 42.1. The van der Waals surface area contributed by atoms with E-state index in [1.54, 1.807) is 0 Å². The number of rotatable bonds is 11. The fraction of sp³-hybridized carbons (Fsp3) is 0.479. The molecule has 6 atom stereocenters. The molecule has 9 rings (SSSR count). The molecule has 5 heterocycles. The van der Waals surface area contributed by atoms with Crippen LogP contribution in [0.25, 0.3) is 44.7 Å². The molecule has 2 unspecified atom stereocenters. The standard InChI is InChI=1S/C48H57N9O6/c1-25(2)40(54-47(60)62-5)45(58)56-19-7-9-37(56)43-50-24-36(53-43)27-11-13-28(14-12-27)42-39-31-17-15-29(31)21-32(39)33(23-49-42)30-16-18-34-35(22-30)52-44(51-34)38-10-8-20-57(38)46(59)41(26(3)4)55-48(61)63-6/h11-14,16,18,22-26,29,31,37-38,40-41H,7-10,15,17,19-21H2,1-6H3,(H,50,53)(H,51,52)(H,54,60)(H,55,61)/t29?,31?,37-,38-,40-,41+/m0/s1. The zero-order valence-corrected chi connectivity index (χ0v) is 36.9. The number of likely N-dealkylation sites (tertiary alicyclic amines) is 2. The summed E-state index contributed by atoms with van der Waals surface area (Å²) in [6.07, 6.45) is 9.30. The van der Waals surface area contributed by atoms with Crippen molar-refractivity contribution in [1.82, 2.24) is 45.4 Å². The molecular formula is C48H57N9O6. The van der Waals surface area contributed by atoms with Crippen LogP contribution < -0.4 is 10.6 Å². The number of aromatic nitrogens is 5. The third kappa shape index (κ3) is 7.79. The monoisotopic (exact) mass is 855 g/mol. The van der Waals surface area contributed by atoms with Gasteiger partial charge in [-0.3, -0.25) is 14.6 Å². The van der Waals surface area contributed by atoms with Crippen LogP contribution in [0.4, 0.5) is 9.59 Å². The molecule has 0 radical (unpaired) electrons. The summed E-state index contributed by atoms with van der Waals surface area (Å²) in [5.74, 6) is 2.11. The third-order valence-corrected chi connectivity index (χ3v) is 13.8. The van der Waals surface area contributed by atoms with E-state index in [9.17, 15) is 19.2 Å². The lowest BCUT2D eigenvalue weighted by atomic mass is 9.73. The highest BCUT2D eigenvalue weighted by molar-refractivity contribution is 5.88. The number of nitrogens with zero attached hydrogens (tertiary/aromatic N) is 5. The fourth-order valence-corrected chi connectivity index (χ4v) is 10.3. The van der Waals surface area contributed by atoms with Crippen LogP contribution in [0.15, 0.2) is 54.9 Å². The Kier molecular flexibility index (Phi) is 11.4. The van der Waals surface area contributed by atoms with Crippen molar-refractivity contribution < 1.29 is 28.7 Å². The number of benzene rings is 2. The number of ether oxygens (including phenoxy) is 2. The maximum absolute atomic E-state index is 13.8. The SMILES string of the molecule is COC(=O)N[C@H](C(=O)N1CCC[C@H]1c1ncc(-c2ccc(-c3ncc(-c4ccc5nc([C@@H]6CCCN6C(=O)[C@H](NC(=O)OC)C(C)C)[nH]c5c4)c4c3C3CCC3C4)cc2)[nH]1)C(C)C. The highest BCUT2D eigenvalue weighted by Crippen LogP contribution is 2.55. The quantitative estimate of drug-likeness (QED) is 0.103. The van der Waals surface area contributed by atoms with Crippen LogP contribution in [0.3, 0.4) is 0 Å². The Morgan fingerprint density at radius 1 is 0.714 bits per heavy atom. The van der Waals surface area contributed by atoms with E-state index in [1.165, 1.54) is 31.8 Å². The van der Waals surface area contributed by atoms with Crippen LogP contribution >= 0.6 is 0 Å². The average molecular weight is 856 g/mol. The number of carbonyl (C=O) groups excluding carboxylic acids is 4. The molecule has 2 aliphatic carbocycles. The number of carbonyl (C=O) groups is 4. The van der Waals surface area contributed by atoms with Crippen molar-refractivity contribution >= 4 is 35.0 Å². The van der Waals surface area contributed by atoms with Crippen LogP contribution in [0, 0.1) is 17.8 Å². The molecule has 2 aromatic carbocycles. The van der Waals surface area contributed by atoms with Crippen LogP contribution in [-0.4, -0.2) is 98.1 Å². The van der Waals surface area contributed by atoms with E-state index in [0.717, 1.165) is 94.8 Å². The molecular weight excluding hydrogens is 799 g/mol. The summed E-state index contributed by atoms with van der Waals surface area (Å²) < 4.78 is 9.60. The Morgan fingerprint density at radius 2 is 1.32 bits per heavy atom. The van der Waals surface area contributed by atoms with E-state index in [0.29, 0.717) is 24.9 Å². The van der Waals surface area contributed by atoms with E-state index in [1.807, 2.05) is 49.9 Å². The number of pyridine rings is 1. The van der Waals surface area contributed by atoms with Gasteiger partial charge in [0, 0.05) is 30.4 Å². The van der Waals surface area contributed by atoms with E-state index in [-0.39, 0.29) is 35.7 Å². The second-order valence-corrected chi connectivity index (χ2v) is 18.3. The molecule has 5 aromatic rings. The molecule has 63 heavy (non-hydrogen) atoms.